The largest absolute Gasteiger partial charge is 0.469 e. The van der Waals surface area contributed by atoms with Crippen molar-refractivity contribution in [2.24, 2.45) is 5.92 Å². The maximum atomic E-state index is 12.4. The summed E-state index contributed by atoms with van der Waals surface area (Å²) in [5, 5.41) is 0. The monoisotopic (exact) mass is 317 g/mol. The second kappa shape index (κ2) is 5.96. The number of methoxy groups -OCH3 is 1. The van der Waals surface area contributed by atoms with Crippen LogP contribution < -0.4 is 0 Å². The highest BCUT2D eigenvalue weighted by Crippen LogP contribution is 2.47. The van der Waals surface area contributed by atoms with E-state index in [-0.39, 0.29) is 17.5 Å². The van der Waals surface area contributed by atoms with Gasteiger partial charge in [-0.2, -0.15) is 0 Å². The minimum Gasteiger partial charge on any atom is -0.469 e. The highest BCUT2D eigenvalue weighted by Gasteiger charge is 2.58. The van der Waals surface area contributed by atoms with Crippen molar-refractivity contribution < 1.29 is 19.1 Å². The molecule has 2 fully saturated rings. The summed E-state index contributed by atoms with van der Waals surface area (Å²) >= 11 is 0. The van der Waals surface area contributed by atoms with Crippen LogP contribution in [0.15, 0.2) is 30.3 Å². The zero-order chi connectivity index (χ0) is 16.6. The normalized spacial score (nSPS) is 33.3. The molecule has 0 spiro atoms. The molecule has 0 aromatic heterocycles. The summed E-state index contributed by atoms with van der Waals surface area (Å²) < 4.78 is 10.8. The van der Waals surface area contributed by atoms with Gasteiger partial charge in [0.05, 0.1) is 12.7 Å². The van der Waals surface area contributed by atoms with Crippen molar-refractivity contribution >= 4 is 11.9 Å². The van der Waals surface area contributed by atoms with Crippen LogP contribution in [-0.4, -0.2) is 48.7 Å². The Balaban J connectivity index is 1.85. The lowest BCUT2D eigenvalue weighted by atomic mass is 9.77. The number of hydrogen-bond acceptors (Lipinski definition) is 5. The van der Waals surface area contributed by atoms with Gasteiger partial charge in [-0.15, -0.1) is 0 Å². The van der Waals surface area contributed by atoms with Crippen LogP contribution in [0.1, 0.15) is 36.5 Å². The summed E-state index contributed by atoms with van der Waals surface area (Å²) in [6, 6.07) is 9.24. The fourth-order valence-corrected chi connectivity index (χ4v) is 4.13. The highest BCUT2D eigenvalue weighted by atomic mass is 16.6. The Morgan fingerprint density at radius 3 is 2.61 bits per heavy atom. The molecule has 2 heterocycles. The molecule has 1 aromatic carbocycles. The van der Waals surface area contributed by atoms with Gasteiger partial charge in [-0.05, 0) is 38.9 Å². The lowest BCUT2D eigenvalue weighted by Crippen LogP contribution is -2.60. The first kappa shape index (κ1) is 16.0. The summed E-state index contributed by atoms with van der Waals surface area (Å²) in [5.74, 6) is -1.13. The van der Waals surface area contributed by atoms with E-state index in [9.17, 15) is 9.59 Å². The number of esters is 2. The van der Waals surface area contributed by atoms with Crippen molar-refractivity contribution in [1.29, 1.82) is 0 Å². The first-order valence-electron chi connectivity index (χ1n) is 8.04. The van der Waals surface area contributed by atoms with Gasteiger partial charge in [-0.25, -0.2) is 4.79 Å². The van der Waals surface area contributed by atoms with Gasteiger partial charge in [0, 0.05) is 18.0 Å². The molecule has 1 aromatic rings. The maximum Gasteiger partial charge on any atom is 0.338 e. The van der Waals surface area contributed by atoms with E-state index >= 15 is 0 Å². The Bertz CT molecular complexity index is 602. The van der Waals surface area contributed by atoms with E-state index in [0.717, 1.165) is 12.8 Å². The van der Waals surface area contributed by atoms with E-state index in [1.54, 1.807) is 24.3 Å². The smallest absolute Gasteiger partial charge is 0.338 e. The Morgan fingerprint density at radius 1 is 1.26 bits per heavy atom. The summed E-state index contributed by atoms with van der Waals surface area (Å²) in [5.41, 5.74) is 0.185. The van der Waals surface area contributed by atoms with Crippen LogP contribution in [-0.2, 0) is 14.3 Å². The molecule has 0 N–H and O–H groups in total. The number of rotatable bonds is 3. The van der Waals surface area contributed by atoms with Crippen LogP contribution in [0.25, 0.3) is 0 Å². The van der Waals surface area contributed by atoms with Crippen molar-refractivity contribution in [2.75, 3.05) is 14.2 Å². The molecule has 2 aliphatic rings. The predicted molar refractivity (Wildman–Crippen MR) is 85.0 cm³/mol. The molecule has 124 valence electrons. The molecular formula is C18H23NO4. The van der Waals surface area contributed by atoms with Gasteiger partial charge in [-0.1, -0.05) is 18.2 Å². The Labute approximate surface area is 136 Å². The number of hydrogen-bond donors (Lipinski definition) is 0. The number of benzene rings is 1. The predicted octanol–water partition coefficient (Wildman–Crippen LogP) is 2.26. The van der Waals surface area contributed by atoms with E-state index in [1.807, 2.05) is 13.1 Å². The van der Waals surface area contributed by atoms with Crippen LogP contribution >= 0.6 is 0 Å². The zero-order valence-electron chi connectivity index (χ0n) is 13.8. The minimum atomic E-state index is -0.455. The van der Waals surface area contributed by atoms with Gasteiger partial charge in [0.2, 0.25) is 0 Å². The maximum absolute atomic E-state index is 12.4. The number of ether oxygens (including phenoxy) is 2. The van der Waals surface area contributed by atoms with Gasteiger partial charge in [0.15, 0.2) is 0 Å². The molecule has 0 amide bonds. The van der Waals surface area contributed by atoms with Gasteiger partial charge >= 0.3 is 11.9 Å². The topological polar surface area (TPSA) is 55.8 Å². The molecule has 23 heavy (non-hydrogen) atoms. The second-order valence-corrected chi connectivity index (χ2v) is 6.71. The molecule has 0 radical (unpaired) electrons. The number of fused-ring (bicyclic) bond motifs is 2. The van der Waals surface area contributed by atoms with Crippen molar-refractivity contribution in [3.63, 3.8) is 0 Å². The van der Waals surface area contributed by atoms with Crippen molar-refractivity contribution in [2.45, 2.75) is 43.9 Å². The van der Waals surface area contributed by atoms with Gasteiger partial charge in [0.1, 0.15) is 12.0 Å². The van der Waals surface area contributed by atoms with E-state index in [2.05, 4.69) is 11.8 Å². The van der Waals surface area contributed by atoms with Crippen molar-refractivity contribution in [3.05, 3.63) is 35.9 Å². The average Bonchev–Trinajstić information content (AvgIpc) is 2.75. The molecule has 2 unspecified atom stereocenters. The second-order valence-electron chi connectivity index (χ2n) is 6.71. The lowest BCUT2D eigenvalue weighted by Gasteiger charge is -2.47. The number of nitrogens with zero attached hydrogens (tertiary/aromatic N) is 1. The first-order valence-corrected chi connectivity index (χ1v) is 8.04. The van der Waals surface area contributed by atoms with Crippen LogP contribution in [0.3, 0.4) is 0 Å². The lowest BCUT2D eigenvalue weighted by molar-refractivity contribution is -0.162. The molecule has 5 heteroatoms. The molecule has 2 saturated heterocycles. The highest BCUT2D eigenvalue weighted by molar-refractivity contribution is 5.89. The summed E-state index contributed by atoms with van der Waals surface area (Å²) in [7, 11) is 3.44. The fraction of sp³-hybridized carbons (Fsp3) is 0.556. The molecule has 0 saturated carbocycles. The number of piperidine rings is 1. The van der Waals surface area contributed by atoms with E-state index < -0.39 is 12.0 Å². The van der Waals surface area contributed by atoms with Crippen LogP contribution in [0, 0.1) is 5.92 Å². The summed E-state index contributed by atoms with van der Waals surface area (Å²) in [4.78, 5) is 27.0. The molecule has 5 nitrogen and oxygen atoms in total. The van der Waals surface area contributed by atoms with Gasteiger partial charge in [0.25, 0.3) is 0 Å². The third kappa shape index (κ3) is 2.63. The van der Waals surface area contributed by atoms with E-state index in [1.165, 1.54) is 7.11 Å². The number of carbonyl (C=O) groups excluding carboxylic acids is 2. The van der Waals surface area contributed by atoms with Crippen molar-refractivity contribution in [3.8, 4) is 0 Å². The Morgan fingerprint density at radius 2 is 1.96 bits per heavy atom. The summed E-state index contributed by atoms with van der Waals surface area (Å²) in [6.07, 6.45) is 2.15. The van der Waals surface area contributed by atoms with Crippen LogP contribution in [0.4, 0.5) is 0 Å². The van der Waals surface area contributed by atoms with E-state index in [4.69, 9.17) is 9.47 Å². The number of carbonyl (C=O) groups is 2. The van der Waals surface area contributed by atoms with Gasteiger partial charge < -0.3 is 9.47 Å². The van der Waals surface area contributed by atoms with Crippen LogP contribution in [0.2, 0.25) is 0 Å². The molecule has 3 rings (SSSR count). The fourth-order valence-electron chi connectivity index (χ4n) is 4.13. The minimum absolute atomic E-state index is 0.300. The standard InChI is InChI=1S/C18H23NO4/c1-18-10-9-13(19(18)2)11-14(15(18)17(21)22-3)23-16(20)12-7-5-4-6-8-12/h4-8,13-15H,9-11H2,1-3H3/t13-,14+,15?,18?/m1/s1. The Hall–Kier alpha value is -1.88. The first-order chi connectivity index (χ1) is 11.0. The summed E-state index contributed by atoms with van der Waals surface area (Å²) in [6.45, 7) is 2.07. The third-order valence-corrected chi connectivity index (χ3v) is 5.61. The molecule has 0 aliphatic carbocycles. The van der Waals surface area contributed by atoms with Crippen molar-refractivity contribution in [1.82, 2.24) is 4.90 Å². The molecule has 2 bridgehead atoms. The average molecular weight is 317 g/mol. The van der Waals surface area contributed by atoms with Crippen LogP contribution in [0.5, 0.6) is 0 Å². The quantitative estimate of drug-likeness (QED) is 0.800. The molecular weight excluding hydrogens is 294 g/mol. The zero-order valence-corrected chi connectivity index (χ0v) is 13.8. The molecule has 2 aliphatic heterocycles. The van der Waals surface area contributed by atoms with E-state index in [0.29, 0.717) is 18.0 Å². The Kier molecular flexibility index (Phi) is 4.15. The van der Waals surface area contributed by atoms with Gasteiger partial charge in [-0.3, -0.25) is 9.69 Å². The third-order valence-electron chi connectivity index (χ3n) is 5.61. The molecule has 4 atom stereocenters. The SMILES string of the molecule is COC(=O)C1[C@@H](OC(=O)c2ccccc2)C[C@H]2CCC1(C)N2C.